The molecule has 7 nitrogen and oxygen atoms in total. The first-order valence-electron chi connectivity index (χ1n) is 11.8. The van der Waals surface area contributed by atoms with Gasteiger partial charge in [-0.1, -0.05) is 49.0 Å². The van der Waals surface area contributed by atoms with Crippen LogP contribution in [0.1, 0.15) is 59.9 Å². The summed E-state index contributed by atoms with van der Waals surface area (Å²) in [5.74, 6) is 1.55. The van der Waals surface area contributed by atoms with Gasteiger partial charge in [-0.05, 0) is 51.8 Å². The van der Waals surface area contributed by atoms with Crippen molar-refractivity contribution < 1.29 is 0 Å². The summed E-state index contributed by atoms with van der Waals surface area (Å²) in [4.78, 5) is 22.1. The van der Waals surface area contributed by atoms with E-state index in [0.717, 1.165) is 47.3 Å². The molecule has 0 saturated carbocycles. The molecule has 1 aliphatic rings. The first-order chi connectivity index (χ1) is 16.5. The van der Waals surface area contributed by atoms with E-state index in [2.05, 4.69) is 64.9 Å². The molecule has 3 aromatic heterocycles. The molecule has 0 amide bonds. The lowest BCUT2D eigenvalue weighted by Gasteiger charge is -2.23. The minimum atomic E-state index is 0.0325. The summed E-state index contributed by atoms with van der Waals surface area (Å²) in [6.07, 6.45) is 5.32. The average molecular weight is 495 g/mol. The minimum absolute atomic E-state index is 0.0325. The largest absolute Gasteiger partial charge is 0.300 e. The normalized spacial score (nSPS) is 14.6. The standard InChI is InChI=1S/C25H30N6OS2/c1-4-19(29(2)3)23-27-28-25(30(23)15-17-10-6-5-7-11-17)33-16-18-14-22(32)31-20-12-8-9-13-21(20)34-24(31)26-18/h5-7,10-11,14,19H,4,8-9,12-13,15-16H2,1-3H3. The first-order valence-corrected chi connectivity index (χ1v) is 13.6. The van der Waals surface area contributed by atoms with E-state index in [0.29, 0.717) is 12.3 Å². The number of nitrogens with zero attached hydrogens (tertiary/aromatic N) is 6. The second-order valence-electron chi connectivity index (χ2n) is 8.97. The van der Waals surface area contributed by atoms with E-state index in [1.807, 2.05) is 10.5 Å². The van der Waals surface area contributed by atoms with E-state index in [1.165, 1.54) is 22.6 Å². The van der Waals surface area contributed by atoms with Crippen molar-refractivity contribution in [2.45, 2.75) is 62.5 Å². The van der Waals surface area contributed by atoms with Crippen LogP contribution in [0.25, 0.3) is 4.96 Å². The number of aryl methyl sites for hydroxylation is 2. The van der Waals surface area contributed by atoms with Crippen LogP contribution in [0.4, 0.5) is 0 Å². The second-order valence-corrected chi connectivity index (χ2v) is 11.0. The van der Waals surface area contributed by atoms with Crippen LogP contribution in [0.3, 0.4) is 0 Å². The Kier molecular flexibility index (Phi) is 6.85. The van der Waals surface area contributed by atoms with Gasteiger partial charge in [0.05, 0.1) is 18.3 Å². The molecule has 0 N–H and O–H groups in total. The molecule has 1 atom stereocenters. The molecule has 5 rings (SSSR count). The SMILES string of the molecule is CCC(c1nnc(SCc2cc(=O)n3c4c(sc3n2)CCCC4)n1Cc1ccccc1)N(C)C. The molecule has 0 saturated heterocycles. The van der Waals surface area contributed by atoms with Gasteiger partial charge in [0.2, 0.25) is 0 Å². The van der Waals surface area contributed by atoms with Crippen molar-refractivity contribution in [2.24, 2.45) is 0 Å². The minimum Gasteiger partial charge on any atom is -0.300 e. The van der Waals surface area contributed by atoms with Crippen LogP contribution in [0.15, 0.2) is 46.3 Å². The monoisotopic (exact) mass is 494 g/mol. The van der Waals surface area contributed by atoms with Crippen LogP contribution >= 0.6 is 23.1 Å². The van der Waals surface area contributed by atoms with Crippen molar-refractivity contribution in [3.8, 4) is 0 Å². The molecule has 178 valence electrons. The number of rotatable bonds is 8. The van der Waals surface area contributed by atoms with Gasteiger partial charge in [0.15, 0.2) is 15.9 Å². The summed E-state index contributed by atoms with van der Waals surface area (Å²) in [7, 11) is 4.16. The van der Waals surface area contributed by atoms with Crippen molar-refractivity contribution in [1.29, 1.82) is 0 Å². The predicted molar refractivity (Wildman–Crippen MR) is 138 cm³/mol. The lowest BCUT2D eigenvalue weighted by molar-refractivity contribution is 0.272. The number of thiazole rings is 1. The fourth-order valence-corrected chi connectivity index (χ4v) is 6.77. The number of aromatic nitrogens is 5. The number of thioether (sulfide) groups is 1. The van der Waals surface area contributed by atoms with Gasteiger partial charge in [-0.15, -0.1) is 21.5 Å². The van der Waals surface area contributed by atoms with E-state index in [9.17, 15) is 4.79 Å². The number of hydrogen-bond acceptors (Lipinski definition) is 7. The Labute approximate surface area is 207 Å². The quantitative estimate of drug-likeness (QED) is 0.334. The van der Waals surface area contributed by atoms with Crippen LogP contribution in [0.5, 0.6) is 0 Å². The van der Waals surface area contributed by atoms with E-state index >= 15 is 0 Å². The van der Waals surface area contributed by atoms with Crippen molar-refractivity contribution in [2.75, 3.05) is 14.1 Å². The molecule has 34 heavy (non-hydrogen) atoms. The predicted octanol–water partition coefficient (Wildman–Crippen LogP) is 4.58. The molecular weight excluding hydrogens is 464 g/mol. The molecular formula is C25H30N6OS2. The molecule has 1 aliphatic carbocycles. The van der Waals surface area contributed by atoms with Gasteiger partial charge >= 0.3 is 0 Å². The first kappa shape index (κ1) is 23.3. The Morgan fingerprint density at radius 3 is 2.71 bits per heavy atom. The Morgan fingerprint density at radius 1 is 1.15 bits per heavy atom. The topological polar surface area (TPSA) is 68.3 Å². The smallest absolute Gasteiger partial charge is 0.259 e. The summed E-state index contributed by atoms with van der Waals surface area (Å²) in [6, 6.07) is 12.3. The highest BCUT2D eigenvalue weighted by Crippen LogP contribution is 2.30. The summed E-state index contributed by atoms with van der Waals surface area (Å²) >= 11 is 3.27. The van der Waals surface area contributed by atoms with E-state index in [-0.39, 0.29) is 11.6 Å². The fourth-order valence-electron chi connectivity index (χ4n) is 4.70. The Hall–Kier alpha value is -2.49. The van der Waals surface area contributed by atoms with Gasteiger partial charge < -0.3 is 4.57 Å². The van der Waals surface area contributed by atoms with Gasteiger partial charge in [-0.25, -0.2) is 4.98 Å². The second kappa shape index (κ2) is 10.0. The number of benzene rings is 1. The van der Waals surface area contributed by atoms with Gasteiger partial charge in [-0.2, -0.15) is 0 Å². The summed E-state index contributed by atoms with van der Waals surface area (Å²) in [5.41, 5.74) is 3.21. The zero-order valence-corrected chi connectivity index (χ0v) is 21.5. The van der Waals surface area contributed by atoms with Crippen LogP contribution < -0.4 is 5.56 Å². The Balaban J connectivity index is 1.44. The average Bonchev–Trinajstić information content (AvgIpc) is 3.40. The molecule has 0 bridgehead atoms. The van der Waals surface area contributed by atoms with Crippen molar-refractivity contribution in [1.82, 2.24) is 29.0 Å². The van der Waals surface area contributed by atoms with Gasteiger partial charge in [0, 0.05) is 22.4 Å². The van der Waals surface area contributed by atoms with Crippen LogP contribution in [0, 0.1) is 0 Å². The van der Waals surface area contributed by atoms with Gasteiger partial charge in [-0.3, -0.25) is 14.1 Å². The maximum Gasteiger partial charge on any atom is 0.259 e. The van der Waals surface area contributed by atoms with E-state index in [4.69, 9.17) is 4.98 Å². The summed E-state index contributed by atoms with van der Waals surface area (Å²) < 4.78 is 4.04. The maximum atomic E-state index is 12.9. The molecule has 0 spiro atoms. The zero-order chi connectivity index (χ0) is 23.7. The molecule has 4 aromatic rings. The third kappa shape index (κ3) is 4.56. The maximum absolute atomic E-state index is 12.9. The van der Waals surface area contributed by atoms with Crippen molar-refractivity contribution >= 4 is 28.1 Å². The summed E-state index contributed by atoms with van der Waals surface area (Å²) in [5, 5.41) is 10.0. The third-order valence-corrected chi connectivity index (χ3v) is 8.54. The molecule has 0 radical (unpaired) electrons. The molecule has 0 fully saturated rings. The number of fused-ring (bicyclic) bond motifs is 3. The highest BCUT2D eigenvalue weighted by atomic mass is 32.2. The molecule has 9 heteroatoms. The number of hydrogen-bond donors (Lipinski definition) is 0. The van der Waals surface area contributed by atoms with Crippen LogP contribution in [-0.2, 0) is 25.1 Å². The van der Waals surface area contributed by atoms with E-state index < -0.39 is 0 Å². The van der Waals surface area contributed by atoms with Gasteiger partial charge in [0.1, 0.15) is 0 Å². The van der Waals surface area contributed by atoms with Crippen molar-refractivity contribution in [3.63, 3.8) is 0 Å². The zero-order valence-electron chi connectivity index (χ0n) is 19.9. The lowest BCUT2D eigenvalue weighted by atomic mass is 10.0. The fraction of sp³-hybridized carbons (Fsp3) is 0.440. The van der Waals surface area contributed by atoms with Crippen LogP contribution in [0.2, 0.25) is 0 Å². The van der Waals surface area contributed by atoms with Gasteiger partial charge in [0.25, 0.3) is 5.56 Å². The molecule has 1 unspecified atom stereocenters. The van der Waals surface area contributed by atoms with E-state index in [1.54, 1.807) is 29.2 Å². The van der Waals surface area contributed by atoms with Crippen LogP contribution in [-0.4, -0.2) is 43.1 Å². The summed E-state index contributed by atoms with van der Waals surface area (Å²) in [6.45, 7) is 2.88. The Morgan fingerprint density at radius 2 is 1.94 bits per heavy atom. The Bertz CT molecular complexity index is 1340. The lowest BCUT2D eigenvalue weighted by Crippen LogP contribution is -2.23. The third-order valence-electron chi connectivity index (χ3n) is 6.40. The molecule has 1 aromatic carbocycles. The van der Waals surface area contributed by atoms with Crippen molar-refractivity contribution in [3.05, 3.63) is 74.4 Å². The highest BCUT2D eigenvalue weighted by molar-refractivity contribution is 7.98. The molecule has 3 heterocycles. The highest BCUT2D eigenvalue weighted by Gasteiger charge is 2.23. The molecule has 0 aliphatic heterocycles.